The minimum atomic E-state index is 0.574. The Hall–Kier alpha value is -3.29. The minimum Gasteiger partial charge on any atom is -0.481 e. The van der Waals surface area contributed by atoms with Gasteiger partial charge in [-0.1, -0.05) is 0 Å². The molecule has 3 aromatic heterocycles. The lowest BCUT2D eigenvalue weighted by Crippen LogP contribution is -2.47. The first-order chi connectivity index (χ1) is 12.8. The van der Waals surface area contributed by atoms with E-state index in [1.54, 1.807) is 31.8 Å². The molecule has 0 spiro atoms. The van der Waals surface area contributed by atoms with Gasteiger partial charge in [0.25, 0.3) is 0 Å². The standard InChI is InChI=1S/C18H19N7O/c1-26-16-5-8-21-18(23-16)25-11-9-24(10-12-25)17-20-7-4-15(22-17)14-3-2-6-19-13-14/h2-8,13H,9-12H2,1H3. The van der Waals surface area contributed by atoms with Crippen LogP contribution >= 0.6 is 0 Å². The van der Waals surface area contributed by atoms with E-state index in [-0.39, 0.29) is 0 Å². The topological polar surface area (TPSA) is 80.2 Å². The van der Waals surface area contributed by atoms with E-state index in [9.17, 15) is 0 Å². The van der Waals surface area contributed by atoms with Crippen molar-refractivity contribution in [2.45, 2.75) is 0 Å². The molecule has 0 saturated carbocycles. The zero-order valence-electron chi connectivity index (χ0n) is 14.5. The Kier molecular flexibility index (Phi) is 4.55. The first-order valence-corrected chi connectivity index (χ1v) is 8.44. The summed E-state index contributed by atoms with van der Waals surface area (Å²) in [6.45, 7) is 3.20. The molecule has 1 saturated heterocycles. The fourth-order valence-electron chi connectivity index (χ4n) is 2.88. The van der Waals surface area contributed by atoms with Crippen molar-refractivity contribution in [1.29, 1.82) is 0 Å². The van der Waals surface area contributed by atoms with Crippen molar-refractivity contribution in [3.63, 3.8) is 0 Å². The van der Waals surface area contributed by atoms with Crippen molar-refractivity contribution in [3.8, 4) is 17.1 Å². The Morgan fingerprint density at radius 3 is 2.19 bits per heavy atom. The lowest BCUT2D eigenvalue weighted by atomic mass is 10.2. The fraction of sp³-hybridized carbons (Fsp3) is 0.278. The van der Waals surface area contributed by atoms with Crippen molar-refractivity contribution in [3.05, 3.63) is 49.1 Å². The maximum Gasteiger partial charge on any atom is 0.228 e. The van der Waals surface area contributed by atoms with Crippen molar-refractivity contribution < 1.29 is 4.74 Å². The molecule has 8 heteroatoms. The van der Waals surface area contributed by atoms with Gasteiger partial charge in [0.2, 0.25) is 17.8 Å². The predicted octanol–water partition coefficient (Wildman–Crippen LogP) is 1.66. The van der Waals surface area contributed by atoms with E-state index in [0.717, 1.165) is 43.4 Å². The Morgan fingerprint density at radius 1 is 0.846 bits per heavy atom. The van der Waals surface area contributed by atoms with Gasteiger partial charge in [-0.15, -0.1) is 0 Å². The Bertz CT molecular complexity index is 866. The molecule has 4 rings (SSSR count). The Labute approximate surface area is 151 Å². The van der Waals surface area contributed by atoms with Crippen LogP contribution in [-0.2, 0) is 0 Å². The maximum atomic E-state index is 5.18. The van der Waals surface area contributed by atoms with Crippen LogP contribution in [-0.4, -0.2) is 58.2 Å². The van der Waals surface area contributed by atoms with E-state index >= 15 is 0 Å². The highest BCUT2D eigenvalue weighted by atomic mass is 16.5. The molecular weight excluding hydrogens is 330 g/mol. The van der Waals surface area contributed by atoms with Gasteiger partial charge in [-0.3, -0.25) is 4.98 Å². The lowest BCUT2D eigenvalue weighted by Gasteiger charge is -2.34. The van der Waals surface area contributed by atoms with Crippen LogP contribution in [0.5, 0.6) is 5.88 Å². The van der Waals surface area contributed by atoms with E-state index in [4.69, 9.17) is 9.72 Å². The molecule has 0 unspecified atom stereocenters. The second kappa shape index (κ2) is 7.30. The molecule has 0 atom stereocenters. The molecule has 0 radical (unpaired) electrons. The zero-order valence-corrected chi connectivity index (χ0v) is 14.5. The van der Waals surface area contributed by atoms with Crippen molar-refractivity contribution in [2.24, 2.45) is 0 Å². The van der Waals surface area contributed by atoms with Gasteiger partial charge in [0.05, 0.1) is 12.8 Å². The summed E-state index contributed by atoms with van der Waals surface area (Å²) in [7, 11) is 1.61. The minimum absolute atomic E-state index is 0.574. The summed E-state index contributed by atoms with van der Waals surface area (Å²) in [4.78, 5) is 26.4. The number of piperazine rings is 1. The Morgan fingerprint density at radius 2 is 1.54 bits per heavy atom. The van der Waals surface area contributed by atoms with E-state index in [2.05, 4.69) is 29.7 Å². The third kappa shape index (κ3) is 3.39. The molecule has 132 valence electrons. The van der Waals surface area contributed by atoms with Gasteiger partial charge >= 0.3 is 0 Å². The van der Waals surface area contributed by atoms with Gasteiger partial charge in [0.1, 0.15) is 0 Å². The first kappa shape index (κ1) is 16.2. The van der Waals surface area contributed by atoms with Crippen molar-refractivity contribution in [2.75, 3.05) is 43.1 Å². The van der Waals surface area contributed by atoms with E-state index in [0.29, 0.717) is 11.8 Å². The summed E-state index contributed by atoms with van der Waals surface area (Å²) >= 11 is 0. The van der Waals surface area contributed by atoms with Gasteiger partial charge < -0.3 is 14.5 Å². The zero-order chi connectivity index (χ0) is 17.8. The molecular formula is C18H19N7O. The van der Waals surface area contributed by atoms with Gasteiger partial charge in [-0.2, -0.15) is 4.98 Å². The number of hydrogen-bond acceptors (Lipinski definition) is 8. The number of rotatable bonds is 4. The second-order valence-corrected chi connectivity index (χ2v) is 5.86. The number of pyridine rings is 1. The second-order valence-electron chi connectivity index (χ2n) is 5.86. The lowest BCUT2D eigenvalue weighted by molar-refractivity contribution is 0.396. The normalized spacial score (nSPS) is 14.3. The molecule has 0 aliphatic carbocycles. The van der Waals surface area contributed by atoms with Crippen LogP contribution in [0.3, 0.4) is 0 Å². The quantitative estimate of drug-likeness (QED) is 0.704. The molecule has 3 aromatic rings. The number of hydrogen-bond donors (Lipinski definition) is 0. The Balaban J connectivity index is 1.46. The monoisotopic (exact) mass is 349 g/mol. The highest BCUT2D eigenvalue weighted by molar-refractivity contribution is 5.58. The average molecular weight is 349 g/mol. The number of anilines is 2. The number of aromatic nitrogens is 5. The highest BCUT2D eigenvalue weighted by Gasteiger charge is 2.21. The van der Waals surface area contributed by atoms with Gasteiger partial charge in [-0.05, 0) is 18.2 Å². The van der Waals surface area contributed by atoms with Crippen molar-refractivity contribution in [1.82, 2.24) is 24.9 Å². The van der Waals surface area contributed by atoms with Gasteiger partial charge in [0.15, 0.2) is 0 Å². The van der Waals surface area contributed by atoms with Crippen LogP contribution < -0.4 is 14.5 Å². The summed E-state index contributed by atoms with van der Waals surface area (Å²) in [6, 6.07) is 7.56. The molecule has 0 N–H and O–H groups in total. The van der Waals surface area contributed by atoms with Gasteiger partial charge in [-0.25, -0.2) is 15.0 Å². The molecule has 0 amide bonds. The summed E-state index contributed by atoms with van der Waals surface area (Å²) < 4.78 is 5.18. The third-order valence-corrected chi connectivity index (χ3v) is 4.27. The molecule has 0 aromatic carbocycles. The van der Waals surface area contributed by atoms with E-state index in [1.165, 1.54) is 0 Å². The van der Waals surface area contributed by atoms with Crippen LogP contribution in [0.15, 0.2) is 49.1 Å². The number of ether oxygens (including phenoxy) is 1. The summed E-state index contributed by atoms with van der Waals surface area (Å²) in [5.41, 5.74) is 1.86. The van der Waals surface area contributed by atoms with Crippen molar-refractivity contribution >= 4 is 11.9 Å². The van der Waals surface area contributed by atoms with Crippen LogP contribution in [0.4, 0.5) is 11.9 Å². The van der Waals surface area contributed by atoms with Crippen LogP contribution in [0.2, 0.25) is 0 Å². The van der Waals surface area contributed by atoms with Crippen LogP contribution in [0, 0.1) is 0 Å². The summed E-state index contributed by atoms with van der Waals surface area (Å²) in [6.07, 6.45) is 7.08. The molecule has 4 heterocycles. The number of methoxy groups -OCH3 is 1. The highest BCUT2D eigenvalue weighted by Crippen LogP contribution is 2.20. The molecule has 1 fully saturated rings. The summed E-state index contributed by atoms with van der Waals surface area (Å²) in [5, 5.41) is 0. The SMILES string of the molecule is COc1ccnc(N2CCN(c3nccc(-c4cccnc4)n3)CC2)n1. The third-order valence-electron chi connectivity index (χ3n) is 4.27. The van der Waals surface area contributed by atoms with E-state index in [1.807, 2.05) is 24.4 Å². The molecule has 0 bridgehead atoms. The van der Waals surface area contributed by atoms with Gasteiger partial charge in [0, 0.05) is 62.6 Å². The van der Waals surface area contributed by atoms with Crippen LogP contribution in [0.25, 0.3) is 11.3 Å². The predicted molar refractivity (Wildman–Crippen MR) is 98.3 cm³/mol. The molecule has 1 aliphatic heterocycles. The number of nitrogens with zero attached hydrogens (tertiary/aromatic N) is 7. The van der Waals surface area contributed by atoms with Crippen LogP contribution in [0.1, 0.15) is 0 Å². The first-order valence-electron chi connectivity index (χ1n) is 8.44. The van der Waals surface area contributed by atoms with E-state index < -0.39 is 0 Å². The molecule has 1 aliphatic rings. The molecule has 26 heavy (non-hydrogen) atoms. The smallest absolute Gasteiger partial charge is 0.228 e. The fourth-order valence-corrected chi connectivity index (χ4v) is 2.88. The largest absolute Gasteiger partial charge is 0.481 e. The maximum absolute atomic E-state index is 5.18. The summed E-state index contributed by atoms with van der Waals surface area (Å²) in [5.74, 6) is 2.00. The average Bonchev–Trinajstić information content (AvgIpc) is 2.75. The molecule has 8 nitrogen and oxygen atoms in total.